The summed E-state index contributed by atoms with van der Waals surface area (Å²) in [6.45, 7) is 2.70. The first-order valence-corrected chi connectivity index (χ1v) is 6.10. The van der Waals surface area contributed by atoms with Crippen molar-refractivity contribution in [3.05, 3.63) is 17.5 Å². The van der Waals surface area contributed by atoms with Crippen molar-refractivity contribution in [2.45, 2.75) is 44.8 Å². The van der Waals surface area contributed by atoms with Crippen molar-refractivity contribution in [3.8, 4) is 0 Å². The first-order chi connectivity index (χ1) is 7.68. The largest absolute Gasteiger partial charge is 0.393 e. The molecule has 1 aliphatic carbocycles. The quantitative estimate of drug-likeness (QED) is 0.805. The summed E-state index contributed by atoms with van der Waals surface area (Å²) in [6, 6.07) is 0.427. The molecule has 0 spiro atoms. The third-order valence-corrected chi connectivity index (χ3v) is 3.33. The topological polar surface area (TPSA) is 50.1 Å². The van der Waals surface area contributed by atoms with Crippen molar-refractivity contribution >= 4 is 0 Å². The molecule has 0 aromatic carbocycles. The van der Waals surface area contributed by atoms with Gasteiger partial charge in [-0.15, -0.1) is 0 Å². The third-order valence-electron chi connectivity index (χ3n) is 3.33. The zero-order valence-corrected chi connectivity index (χ0v) is 10.1. The molecule has 0 aliphatic heterocycles. The van der Waals surface area contributed by atoms with Gasteiger partial charge in [-0.2, -0.15) is 5.10 Å². The van der Waals surface area contributed by atoms with Crippen molar-refractivity contribution in [1.82, 2.24) is 15.1 Å². The predicted octanol–water partition coefficient (Wildman–Crippen LogP) is 1.16. The lowest BCUT2D eigenvalue weighted by Gasteiger charge is -2.24. The Labute approximate surface area is 96.7 Å². The van der Waals surface area contributed by atoms with Crippen molar-refractivity contribution in [2.24, 2.45) is 7.05 Å². The van der Waals surface area contributed by atoms with Crippen LogP contribution in [-0.4, -0.2) is 27.5 Å². The summed E-state index contributed by atoms with van der Waals surface area (Å²) in [5.41, 5.74) is 2.71. The molecule has 2 unspecified atom stereocenters. The van der Waals surface area contributed by atoms with Gasteiger partial charge in [0.2, 0.25) is 0 Å². The SMILES string of the molecule is CC(O)CCNC1CCCc2c1cnn2C. The molecule has 0 saturated carbocycles. The molecule has 4 heteroatoms. The van der Waals surface area contributed by atoms with Gasteiger partial charge in [0.15, 0.2) is 0 Å². The number of aromatic nitrogens is 2. The summed E-state index contributed by atoms with van der Waals surface area (Å²) in [5, 5.41) is 17.1. The van der Waals surface area contributed by atoms with Crippen LogP contribution in [0.25, 0.3) is 0 Å². The standard InChI is InChI=1S/C12H21N3O/c1-9(16)6-7-13-11-4-3-5-12-10(11)8-14-15(12)2/h8-9,11,13,16H,3-7H2,1-2H3. The zero-order chi connectivity index (χ0) is 11.5. The number of hydrogen-bond donors (Lipinski definition) is 2. The van der Waals surface area contributed by atoms with Crippen molar-refractivity contribution in [1.29, 1.82) is 0 Å². The fourth-order valence-corrected chi connectivity index (χ4v) is 2.38. The molecule has 1 aromatic heterocycles. The molecule has 0 amide bonds. The second kappa shape index (κ2) is 4.97. The number of nitrogens with zero attached hydrogens (tertiary/aromatic N) is 2. The Morgan fingerprint density at radius 1 is 1.69 bits per heavy atom. The van der Waals surface area contributed by atoms with E-state index in [4.69, 9.17) is 0 Å². The van der Waals surface area contributed by atoms with Gasteiger partial charge in [0.05, 0.1) is 12.3 Å². The van der Waals surface area contributed by atoms with Gasteiger partial charge in [0.25, 0.3) is 0 Å². The minimum atomic E-state index is -0.218. The van der Waals surface area contributed by atoms with E-state index in [1.165, 1.54) is 24.1 Å². The summed E-state index contributed by atoms with van der Waals surface area (Å²) in [4.78, 5) is 0. The maximum absolute atomic E-state index is 9.22. The van der Waals surface area contributed by atoms with E-state index in [0.29, 0.717) is 6.04 Å². The number of aryl methyl sites for hydroxylation is 1. The Hall–Kier alpha value is -0.870. The van der Waals surface area contributed by atoms with Crippen LogP contribution in [0.15, 0.2) is 6.20 Å². The average Bonchev–Trinajstić information content (AvgIpc) is 2.61. The number of hydrogen-bond acceptors (Lipinski definition) is 3. The highest BCUT2D eigenvalue weighted by atomic mass is 16.3. The van der Waals surface area contributed by atoms with E-state index >= 15 is 0 Å². The number of fused-ring (bicyclic) bond motifs is 1. The van der Waals surface area contributed by atoms with Crippen LogP contribution in [0.3, 0.4) is 0 Å². The van der Waals surface area contributed by atoms with Crippen LogP contribution in [0.1, 0.15) is 43.5 Å². The fraction of sp³-hybridized carbons (Fsp3) is 0.750. The van der Waals surface area contributed by atoms with Gasteiger partial charge in [-0.25, -0.2) is 0 Å². The van der Waals surface area contributed by atoms with E-state index in [9.17, 15) is 5.11 Å². The molecule has 2 N–H and O–H groups in total. The lowest BCUT2D eigenvalue weighted by Crippen LogP contribution is -2.27. The molecular formula is C12H21N3O. The summed E-state index contributed by atoms with van der Waals surface area (Å²) >= 11 is 0. The van der Waals surface area contributed by atoms with Gasteiger partial charge in [0, 0.05) is 24.3 Å². The van der Waals surface area contributed by atoms with Crippen LogP contribution in [0.4, 0.5) is 0 Å². The Morgan fingerprint density at radius 2 is 2.50 bits per heavy atom. The summed E-state index contributed by atoms with van der Waals surface area (Å²) < 4.78 is 1.98. The molecule has 2 atom stereocenters. The minimum absolute atomic E-state index is 0.218. The Morgan fingerprint density at radius 3 is 3.25 bits per heavy atom. The number of rotatable bonds is 4. The molecule has 16 heavy (non-hydrogen) atoms. The first kappa shape index (κ1) is 11.6. The van der Waals surface area contributed by atoms with E-state index < -0.39 is 0 Å². The van der Waals surface area contributed by atoms with Crippen LogP contribution in [0, 0.1) is 0 Å². The van der Waals surface area contributed by atoms with Gasteiger partial charge in [-0.05, 0) is 39.2 Å². The lowest BCUT2D eigenvalue weighted by molar-refractivity contribution is 0.181. The molecule has 0 saturated heterocycles. The Bertz CT molecular complexity index is 346. The predicted molar refractivity (Wildman–Crippen MR) is 63.2 cm³/mol. The normalized spacial score (nSPS) is 21.8. The summed E-state index contributed by atoms with van der Waals surface area (Å²) in [6.07, 6.45) is 6.11. The highest BCUT2D eigenvalue weighted by Crippen LogP contribution is 2.28. The first-order valence-electron chi connectivity index (χ1n) is 6.10. The molecule has 1 aliphatic rings. The summed E-state index contributed by atoms with van der Waals surface area (Å²) in [5.74, 6) is 0. The van der Waals surface area contributed by atoms with Gasteiger partial charge >= 0.3 is 0 Å². The lowest BCUT2D eigenvalue weighted by atomic mass is 9.93. The van der Waals surface area contributed by atoms with Crippen molar-refractivity contribution < 1.29 is 5.11 Å². The molecule has 4 nitrogen and oxygen atoms in total. The van der Waals surface area contributed by atoms with Crippen LogP contribution >= 0.6 is 0 Å². The van der Waals surface area contributed by atoms with Crippen LogP contribution in [-0.2, 0) is 13.5 Å². The molecule has 1 heterocycles. The molecule has 1 aromatic rings. The molecule has 0 bridgehead atoms. The molecule has 90 valence electrons. The number of aliphatic hydroxyl groups excluding tert-OH is 1. The summed E-state index contributed by atoms with van der Waals surface area (Å²) in [7, 11) is 2.01. The number of nitrogens with one attached hydrogen (secondary N) is 1. The zero-order valence-electron chi connectivity index (χ0n) is 10.1. The molecule has 0 fully saturated rings. The van der Waals surface area contributed by atoms with E-state index in [2.05, 4.69) is 10.4 Å². The van der Waals surface area contributed by atoms with Gasteiger partial charge in [-0.3, -0.25) is 4.68 Å². The minimum Gasteiger partial charge on any atom is -0.393 e. The maximum Gasteiger partial charge on any atom is 0.0540 e. The average molecular weight is 223 g/mol. The van der Waals surface area contributed by atoms with E-state index in [1.807, 2.05) is 24.9 Å². The highest BCUT2D eigenvalue weighted by Gasteiger charge is 2.22. The van der Waals surface area contributed by atoms with E-state index in [0.717, 1.165) is 19.4 Å². The Balaban J connectivity index is 1.96. The maximum atomic E-state index is 9.22. The number of aliphatic hydroxyl groups is 1. The van der Waals surface area contributed by atoms with Gasteiger partial charge in [-0.1, -0.05) is 0 Å². The van der Waals surface area contributed by atoms with Crippen molar-refractivity contribution in [2.75, 3.05) is 6.54 Å². The van der Waals surface area contributed by atoms with Gasteiger partial charge < -0.3 is 10.4 Å². The smallest absolute Gasteiger partial charge is 0.0540 e. The molecule has 2 rings (SSSR count). The van der Waals surface area contributed by atoms with Gasteiger partial charge in [0.1, 0.15) is 0 Å². The van der Waals surface area contributed by atoms with Crippen molar-refractivity contribution in [3.63, 3.8) is 0 Å². The fourth-order valence-electron chi connectivity index (χ4n) is 2.38. The molecular weight excluding hydrogens is 202 g/mol. The van der Waals surface area contributed by atoms with Crippen LogP contribution in [0.5, 0.6) is 0 Å². The van der Waals surface area contributed by atoms with Crippen LogP contribution in [0.2, 0.25) is 0 Å². The Kier molecular flexibility index (Phi) is 3.61. The second-order valence-corrected chi connectivity index (χ2v) is 4.71. The van der Waals surface area contributed by atoms with E-state index in [1.54, 1.807) is 0 Å². The van der Waals surface area contributed by atoms with Crippen LogP contribution < -0.4 is 5.32 Å². The second-order valence-electron chi connectivity index (χ2n) is 4.71. The third kappa shape index (κ3) is 2.44. The molecule has 0 radical (unpaired) electrons. The monoisotopic (exact) mass is 223 g/mol. The van der Waals surface area contributed by atoms with E-state index in [-0.39, 0.29) is 6.10 Å². The highest BCUT2D eigenvalue weighted by molar-refractivity contribution is 5.24.